The molecule has 0 saturated carbocycles. The third kappa shape index (κ3) is 5.28. The Morgan fingerprint density at radius 1 is 1.29 bits per heavy atom. The molecule has 120 valence electrons. The van der Waals surface area contributed by atoms with E-state index in [1.54, 1.807) is 0 Å². The van der Waals surface area contributed by atoms with E-state index in [1.165, 1.54) is 0 Å². The van der Waals surface area contributed by atoms with Gasteiger partial charge in [0.25, 0.3) is 0 Å². The Balaban J connectivity index is 1.83. The normalized spacial score (nSPS) is 27.0. The van der Waals surface area contributed by atoms with Crippen LogP contribution in [0.4, 0.5) is 0 Å². The van der Waals surface area contributed by atoms with Gasteiger partial charge in [-0.3, -0.25) is 9.59 Å². The van der Waals surface area contributed by atoms with Crippen LogP contribution in [-0.4, -0.2) is 57.0 Å². The number of ether oxygens (including phenoxy) is 1. The first-order chi connectivity index (χ1) is 9.96. The standard InChI is InChI=1S/C13H22N2O5S/c16-12(15-11-5-1-2-6-14-13(11)17)9-21(18,19)8-10-4-3-7-20-10/h10-11H,1-9H2,(H,14,17)(H,15,16)/t10-,11+/m0/s1. The van der Waals surface area contributed by atoms with Gasteiger partial charge < -0.3 is 15.4 Å². The van der Waals surface area contributed by atoms with Crippen molar-refractivity contribution in [1.82, 2.24) is 10.6 Å². The van der Waals surface area contributed by atoms with Gasteiger partial charge >= 0.3 is 0 Å². The topological polar surface area (TPSA) is 102 Å². The van der Waals surface area contributed by atoms with E-state index in [0.29, 0.717) is 26.0 Å². The molecule has 2 aliphatic heterocycles. The highest BCUT2D eigenvalue weighted by atomic mass is 32.2. The van der Waals surface area contributed by atoms with Gasteiger partial charge in [0.1, 0.15) is 11.8 Å². The fraction of sp³-hybridized carbons (Fsp3) is 0.846. The van der Waals surface area contributed by atoms with Crippen molar-refractivity contribution in [2.75, 3.05) is 24.7 Å². The molecule has 0 aromatic carbocycles. The molecule has 0 unspecified atom stereocenters. The summed E-state index contributed by atoms with van der Waals surface area (Å²) in [6.07, 6.45) is 3.51. The number of hydrogen-bond acceptors (Lipinski definition) is 5. The zero-order chi connectivity index (χ0) is 15.3. The summed E-state index contributed by atoms with van der Waals surface area (Å²) < 4.78 is 29.2. The van der Waals surface area contributed by atoms with Crippen LogP contribution in [0.15, 0.2) is 0 Å². The van der Waals surface area contributed by atoms with Crippen molar-refractivity contribution in [1.29, 1.82) is 0 Å². The highest BCUT2D eigenvalue weighted by Gasteiger charge is 2.28. The monoisotopic (exact) mass is 318 g/mol. The van der Waals surface area contributed by atoms with Crippen molar-refractivity contribution in [2.24, 2.45) is 0 Å². The van der Waals surface area contributed by atoms with Crippen LogP contribution < -0.4 is 10.6 Å². The maximum absolute atomic E-state index is 11.9. The van der Waals surface area contributed by atoms with Crippen LogP contribution in [0.2, 0.25) is 0 Å². The van der Waals surface area contributed by atoms with E-state index in [4.69, 9.17) is 4.74 Å². The largest absolute Gasteiger partial charge is 0.377 e. The van der Waals surface area contributed by atoms with E-state index in [-0.39, 0.29) is 17.8 Å². The lowest BCUT2D eigenvalue weighted by molar-refractivity contribution is -0.127. The summed E-state index contributed by atoms with van der Waals surface area (Å²) in [5.74, 6) is -1.57. The molecule has 2 aliphatic rings. The minimum Gasteiger partial charge on any atom is -0.377 e. The van der Waals surface area contributed by atoms with Crippen molar-refractivity contribution in [3.8, 4) is 0 Å². The number of nitrogens with one attached hydrogen (secondary N) is 2. The zero-order valence-corrected chi connectivity index (χ0v) is 12.8. The second-order valence-corrected chi connectivity index (χ2v) is 7.71. The molecule has 2 heterocycles. The van der Waals surface area contributed by atoms with Gasteiger partial charge in [-0.05, 0) is 32.1 Å². The van der Waals surface area contributed by atoms with Crippen molar-refractivity contribution < 1.29 is 22.7 Å². The van der Waals surface area contributed by atoms with E-state index in [1.807, 2.05) is 0 Å². The first-order valence-corrected chi connectivity index (χ1v) is 9.17. The molecule has 0 radical (unpaired) electrons. The summed E-state index contributed by atoms with van der Waals surface area (Å²) in [7, 11) is -3.51. The fourth-order valence-electron chi connectivity index (χ4n) is 2.63. The fourth-order valence-corrected chi connectivity index (χ4v) is 4.06. The van der Waals surface area contributed by atoms with Crippen LogP contribution in [0, 0.1) is 0 Å². The highest BCUT2D eigenvalue weighted by Crippen LogP contribution is 2.14. The maximum atomic E-state index is 11.9. The van der Waals surface area contributed by atoms with Crippen LogP contribution in [0.3, 0.4) is 0 Å². The van der Waals surface area contributed by atoms with E-state index < -0.39 is 27.5 Å². The van der Waals surface area contributed by atoms with Gasteiger partial charge in [0.2, 0.25) is 11.8 Å². The molecule has 2 amide bonds. The first-order valence-electron chi connectivity index (χ1n) is 7.35. The molecule has 0 bridgehead atoms. The number of carbonyl (C=O) groups excluding carboxylic acids is 2. The second kappa shape index (κ2) is 7.22. The number of amides is 2. The van der Waals surface area contributed by atoms with Gasteiger partial charge in [-0.25, -0.2) is 8.42 Å². The summed E-state index contributed by atoms with van der Waals surface area (Å²) in [4.78, 5) is 23.5. The van der Waals surface area contributed by atoms with E-state index in [2.05, 4.69) is 10.6 Å². The van der Waals surface area contributed by atoms with Crippen molar-refractivity contribution in [2.45, 2.75) is 44.2 Å². The van der Waals surface area contributed by atoms with Crippen molar-refractivity contribution in [3.63, 3.8) is 0 Å². The van der Waals surface area contributed by atoms with Crippen molar-refractivity contribution >= 4 is 21.7 Å². The lowest BCUT2D eigenvalue weighted by Crippen LogP contribution is -2.47. The molecule has 0 aromatic heterocycles. The lowest BCUT2D eigenvalue weighted by atomic mass is 10.1. The van der Waals surface area contributed by atoms with E-state index in [9.17, 15) is 18.0 Å². The Morgan fingerprint density at radius 3 is 2.81 bits per heavy atom. The minimum absolute atomic E-state index is 0.128. The van der Waals surface area contributed by atoms with Gasteiger partial charge in [0, 0.05) is 13.2 Å². The Hall–Kier alpha value is -1.15. The van der Waals surface area contributed by atoms with Gasteiger partial charge in [-0.1, -0.05) is 0 Å². The average Bonchev–Trinajstić information content (AvgIpc) is 2.79. The molecule has 8 heteroatoms. The minimum atomic E-state index is -3.51. The molecular weight excluding hydrogens is 296 g/mol. The average molecular weight is 318 g/mol. The van der Waals surface area contributed by atoms with Crippen LogP contribution in [0.1, 0.15) is 32.1 Å². The summed E-state index contributed by atoms with van der Waals surface area (Å²) >= 11 is 0. The number of sulfone groups is 1. The molecule has 2 N–H and O–H groups in total. The van der Waals surface area contributed by atoms with Crippen LogP contribution in [0.25, 0.3) is 0 Å². The van der Waals surface area contributed by atoms with Crippen LogP contribution in [0.5, 0.6) is 0 Å². The molecule has 21 heavy (non-hydrogen) atoms. The Labute approximate surface area is 124 Å². The molecule has 0 aromatic rings. The van der Waals surface area contributed by atoms with Gasteiger partial charge in [0.15, 0.2) is 9.84 Å². The van der Waals surface area contributed by atoms with E-state index >= 15 is 0 Å². The van der Waals surface area contributed by atoms with Gasteiger partial charge in [-0.2, -0.15) is 0 Å². The predicted octanol–water partition coefficient (Wildman–Crippen LogP) is -0.635. The van der Waals surface area contributed by atoms with Crippen LogP contribution in [-0.2, 0) is 24.2 Å². The molecule has 2 atom stereocenters. The molecule has 2 fully saturated rings. The number of hydrogen-bond donors (Lipinski definition) is 2. The Kier molecular flexibility index (Phi) is 5.58. The third-order valence-corrected chi connectivity index (χ3v) is 5.27. The Morgan fingerprint density at radius 2 is 2.10 bits per heavy atom. The van der Waals surface area contributed by atoms with E-state index in [0.717, 1.165) is 19.3 Å². The third-order valence-electron chi connectivity index (χ3n) is 3.69. The van der Waals surface area contributed by atoms with Crippen molar-refractivity contribution in [3.05, 3.63) is 0 Å². The Bertz CT molecular complexity index is 485. The SMILES string of the molecule is O=C(CS(=O)(=O)C[C@@H]1CCCO1)N[C@@H]1CCCCNC1=O. The summed E-state index contributed by atoms with van der Waals surface area (Å²) in [6.45, 7) is 1.18. The summed E-state index contributed by atoms with van der Waals surface area (Å²) in [5.41, 5.74) is 0. The predicted molar refractivity (Wildman–Crippen MR) is 76.4 cm³/mol. The molecule has 2 saturated heterocycles. The quantitative estimate of drug-likeness (QED) is 0.702. The first kappa shape index (κ1) is 16.2. The zero-order valence-electron chi connectivity index (χ0n) is 12.0. The number of carbonyl (C=O) groups is 2. The molecule has 0 aliphatic carbocycles. The summed E-state index contributed by atoms with van der Waals surface area (Å²) in [5, 5.41) is 5.22. The van der Waals surface area contributed by atoms with Crippen LogP contribution >= 0.6 is 0 Å². The maximum Gasteiger partial charge on any atom is 0.242 e. The molecule has 7 nitrogen and oxygen atoms in total. The lowest BCUT2D eigenvalue weighted by Gasteiger charge is -2.16. The van der Waals surface area contributed by atoms with Gasteiger partial charge in [0.05, 0.1) is 11.9 Å². The molecule has 0 spiro atoms. The smallest absolute Gasteiger partial charge is 0.242 e. The second-order valence-electron chi connectivity index (χ2n) is 5.60. The summed E-state index contributed by atoms with van der Waals surface area (Å²) in [6, 6.07) is -0.627. The molecular formula is C13H22N2O5S. The van der Waals surface area contributed by atoms with Gasteiger partial charge in [-0.15, -0.1) is 0 Å². The highest BCUT2D eigenvalue weighted by molar-refractivity contribution is 7.92. The molecule has 2 rings (SSSR count). The number of rotatable bonds is 5.